The van der Waals surface area contributed by atoms with E-state index in [2.05, 4.69) is 17.3 Å². The van der Waals surface area contributed by atoms with E-state index in [4.69, 9.17) is 0 Å². The standard InChI is InChI=1S/C15H20N2O2/c1-12(18)14(19)16-15(8-10-17(2)11-9-15)13-6-4-3-5-7-13/h3-7H,8-11H2,1-2H3,(H,16,19). The van der Waals surface area contributed by atoms with Crippen molar-refractivity contribution in [3.8, 4) is 0 Å². The van der Waals surface area contributed by atoms with Crippen LogP contribution in [0.4, 0.5) is 0 Å². The molecule has 0 spiro atoms. The normalized spacial score (nSPS) is 18.8. The summed E-state index contributed by atoms with van der Waals surface area (Å²) in [5, 5.41) is 2.95. The largest absolute Gasteiger partial charge is 0.340 e. The number of nitrogens with zero attached hydrogens (tertiary/aromatic N) is 1. The van der Waals surface area contributed by atoms with Crippen molar-refractivity contribution in [1.29, 1.82) is 0 Å². The summed E-state index contributed by atoms with van der Waals surface area (Å²) >= 11 is 0. The van der Waals surface area contributed by atoms with E-state index in [1.807, 2.05) is 30.3 Å². The van der Waals surface area contributed by atoms with E-state index in [1.54, 1.807) is 0 Å². The smallest absolute Gasteiger partial charge is 0.287 e. The van der Waals surface area contributed by atoms with Crippen molar-refractivity contribution in [2.45, 2.75) is 25.3 Å². The Labute approximate surface area is 113 Å². The number of carbonyl (C=O) groups is 2. The molecule has 2 rings (SSSR count). The summed E-state index contributed by atoms with van der Waals surface area (Å²) in [6, 6.07) is 9.93. The Balaban J connectivity index is 2.28. The summed E-state index contributed by atoms with van der Waals surface area (Å²) in [5.74, 6) is -0.928. The van der Waals surface area contributed by atoms with Crippen LogP contribution in [-0.4, -0.2) is 36.7 Å². The maximum atomic E-state index is 11.8. The molecule has 0 atom stereocenters. The second-order valence-electron chi connectivity index (χ2n) is 5.26. The van der Waals surface area contributed by atoms with Crippen LogP contribution in [0.3, 0.4) is 0 Å². The fourth-order valence-electron chi connectivity index (χ4n) is 2.55. The molecule has 0 aromatic heterocycles. The Morgan fingerprint density at radius 2 is 1.74 bits per heavy atom. The quantitative estimate of drug-likeness (QED) is 0.834. The van der Waals surface area contributed by atoms with E-state index in [9.17, 15) is 9.59 Å². The van der Waals surface area contributed by atoms with Gasteiger partial charge in [0.2, 0.25) is 5.78 Å². The summed E-state index contributed by atoms with van der Waals surface area (Å²) in [6.45, 7) is 3.13. The van der Waals surface area contributed by atoms with Gasteiger partial charge in [0.15, 0.2) is 0 Å². The molecule has 1 N–H and O–H groups in total. The first-order valence-corrected chi connectivity index (χ1v) is 6.61. The summed E-state index contributed by atoms with van der Waals surface area (Å²) in [4.78, 5) is 25.3. The van der Waals surface area contributed by atoms with E-state index in [-0.39, 0.29) is 0 Å². The number of piperidine rings is 1. The van der Waals surface area contributed by atoms with Gasteiger partial charge in [-0.1, -0.05) is 30.3 Å². The van der Waals surface area contributed by atoms with Crippen molar-refractivity contribution in [2.75, 3.05) is 20.1 Å². The molecule has 1 aliphatic heterocycles. The zero-order valence-electron chi connectivity index (χ0n) is 11.5. The van der Waals surface area contributed by atoms with E-state index in [1.165, 1.54) is 6.92 Å². The molecule has 19 heavy (non-hydrogen) atoms. The van der Waals surface area contributed by atoms with Gasteiger partial charge < -0.3 is 10.2 Å². The van der Waals surface area contributed by atoms with Crippen molar-refractivity contribution in [3.05, 3.63) is 35.9 Å². The fraction of sp³-hybridized carbons (Fsp3) is 0.467. The predicted octanol–water partition coefficient (Wildman–Crippen LogP) is 1.31. The lowest BCUT2D eigenvalue weighted by molar-refractivity contribution is -0.138. The summed E-state index contributed by atoms with van der Waals surface area (Å²) < 4.78 is 0. The van der Waals surface area contributed by atoms with Gasteiger partial charge in [0.1, 0.15) is 0 Å². The molecular formula is C15H20N2O2. The van der Waals surface area contributed by atoms with Crippen LogP contribution in [0.2, 0.25) is 0 Å². The highest BCUT2D eigenvalue weighted by atomic mass is 16.2. The minimum Gasteiger partial charge on any atom is -0.340 e. The summed E-state index contributed by atoms with van der Waals surface area (Å²) in [7, 11) is 2.07. The Bertz CT molecular complexity index is 462. The minimum atomic E-state index is -0.492. The predicted molar refractivity (Wildman–Crippen MR) is 73.7 cm³/mol. The molecule has 102 valence electrons. The number of likely N-dealkylation sites (tertiary alicyclic amines) is 1. The second-order valence-corrected chi connectivity index (χ2v) is 5.26. The third kappa shape index (κ3) is 3.01. The van der Waals surface area contributed by atoms with Gasteiger partial charge in [-0.3, -0.25) is 9.59 Å². The SMILES string of the molecule is CC(=O)C(=O)NC1(c2ccccc2)CCN(C)CC1. The highest BCUT2D eigenvalue weighted by Gasteiger charge is 2.37. The third-order valence-corrected chi connectivity index (χ3v) is 3.84. The highest BCUT2D eigenvalue weighted by molar-refractivity contribution is 6.35. The van der Waals surface area contributed by atoms with Crippen molar-refractivity contribution >= 4 is 11.7 Å². The Kier molecular flexibility index (Phi) is 4.00. The van der Waals surface area contributed by atoms with E-state index in [0.29, 0.717) is 0 Å². The van der Waals surface area contributed by atoms with Crippen molar-refractivity contribution in [2.24, 2.45) is 0 Å². The van der Waals surface area contributed by atoms with Gasteiger partial charge in [0, 0.05) is 20.0 Å². The van der Waals surface area contributed by atoms with Gasteiger partial charge in [-0.15, -0.1) is 0 Å². The number of ketones is 1. The molecule has 1 aromatic carbocycles. The lowest BCUT2D eigenvalue weighted by Gasteiger charge is -2.41. The van der Waals surface area contributed by atoms with Crippen LogP contribution >= 0.6 is 0 Å². The van der Waals surface area contributed by atoms with Gasteiger partial charge in [-0.25, -0.2) is 0 Å². The maximum absolute atomic E-state index is 11.8. The van der Waals surface area contributed by atoms with Crippen LogP contribution in [0.1, 0.15) is 25.3 Å². The number of benzene rings is 1. The molecule has 1 amide bonds. The molecule has 1 saturated heterocycles. The van der Waals surface area contributed by atoms with Gasteiger partial charge in [0.25, 0.3) is 5.91 Å². The maximum Gasteiger partial charge on any atom is 0.287 e. The van der Waals surface area contributed by atoms with Crippen LogP contribution in [-0.2, 0) is 15.1 Å². The number of Topliss-reactive ketones (excluding diaryl/α,β-unsaturated/α-hetero) is 1. The number of amides is 1. The average Bonchev–Trinajstić information content (AvgIpc) is 2.42. The Morgan fingerprint density at radius 3 is 2.26 bits per heavy atom. The first kappa shape index (κ1) is 13.7. The zero-order chi connectivity index (χ0) is 13.9. The van der Waals surface area contributed by atoms with Crippen molar-refractivity contribution in [1.82, 2.24) is 10.2 Å². The van der Waals surface area contributed by atoms with Gasteiger partial charge >= 0.3 is 0 Å². The third-order valence-electron chi connectivity index (χ3n) is 3.84. The van der Waals surface area contributed by atoms with E-state index < -0.39 is 17.2 Å². The Morgan fingerprint density at radius 1 is 1.16 bits per heavy atom. The molecule has 0 unspecified atom stereocenters. The fourth-order valence-corrected chi connectivity index (χ4v) is 2.55. The van der Waals surface area contributed by atoms with Crippen LogP contribution < -0.4 is 5.32 Å². The summed E-state index contributed by atoms with van der Waals surface area (Å²) in [5.41, 5.74) is 0.675. The molecule has 0 bridgehead atoms. The molecular weight excluding hydrogens is 240 g/mol. The van der Waals surface area contributed by atoms with Crippen LogP contribution in [0.5, 0.6) is 0 Å². The molecule has 1 aromatic rings. The lowest BCUT2D eigenvalue weighted by atomic mass is 9.80. The molecule has 1 fully saturated rings. The number of hydrogen-bond donors (Lipinski definition) is 1. The number of carbonyl (C=O) groups excluding carboxylic acids is 2. The van der Waals surface area contributed by atoms with Crippen LogP contribution in [0, 0.1) is 0 Å². The minimum absolute atomic E-state index is 0.406. The van der Waals surface area contributed by atoms with Crippen molar-refractivity contribution < 1.29 is 9.59 Å². The molecule has 0 radical (unpaired) electrons. The number of rotatable bonds is 3. The first-order valence-electron chi connectivity index (χ1n) is 6.61. The van der Waals surface area contributed by atoms with Gasteiger partial charge in [-0.05, 0) is 25.5 Å². The summed E-state index contributed by atoms with van der Waals surface area (Å²) in [6.07, 6.45) is 1.65. The zero-order valence-corrected chi connectivity index (χ0v) is 11.5. The van der Waals surface area contributed by atoms with E-state index >= 15 is 0 Å². The highest BCUT2D eigenvalue weighted by Crippen LogP contribution is 2.32. The first-order chi connectivity index (χ1) is 9.03. The van der Waals surface area contributed by atoms with E-state index in [0.717, 1.165) is 31.5 Å². The molecule has 1 heterocycles. The molecule has 1 aliphatic rings. The second kappa shape index (κ2) is 5.53. The van der Waals surface area contributed by atoms with Crippen LogP contribution in [0.15, 0.2) is 30.3 Å². The average molecular weight is 260 g/mol. The lowest BCUT2D eigenvalue weighted by Crippen LogP contribution is -2.53. The van der Waals surface area contributed by atoms with Gasteiger partial charge in [0.05, 0.1) is 5.54 Å². The molecule has 0 saturated carbocycles. The molecule has 0 aliphatic carbocycles. The van der Waals surface area contributed by atoms with Gasteiger partial charge in [-0.2, -0.15) is 0 Å². The Hall–Kier alpha value is -1.68. The van der Waals surface area contributed by atoms with Crippen molar-refractivity contribution in [3.63, 3.8) is 0 Å². The number of nitrogens with one attached hydrogen (secondary N) is 1. The number of hydrogen-bond acceptors (Lipinski definition) is 3. The monoisotopic (exact) mass is 260 g/mol. The topological polar surface area (TPSA) is 49.4 Å². The molecule has 4 heteroatoms. The van der Waals surface area contributed by atoms with Crippen LogP contribution in [0.25, 0.3) is 0 Å². The molecule has 4 nitrogen and oxygen atoms in total.